The minimum Gasteiger partial charge on any atom is -0.122 e. The minimum absolute atomic E-state index is 0.275. The molecule has 0 heterocycles. The van der Waals surface area contributed by atoms with Gasteiger partial charge in [-0.15, -0.1) is 11.6 Å². The van der Waals surface area contributed by atoms with Crippen LogP contribution in [0, 0.1) is 19.8 Å². The molecule has 1 aromatic rings. The largest absolute Gasteiger partial charge is 0.122 e. The normalized spacial score (nSPS) is 13.1. The van der Waals surface area contributed by atoms with Gasteiger partial charge in [0.2, 0.25) is 0 Å². The molecule has 1 unspecified atom stereocenters. The second-order valence-electron chi connectivity index (χ2n) is 4.72. The molecule has 0 bridgehead atoms. The average molecular weight is 239 g/mol. The molecule has 0 amide bonds. The maximum absolute atomic E-state index is 6.47. The fraction of sp³-hybridized carbons (Fsp3) is 0.600. The third-order valence-corrected chi connectivity index (χ3v) is 4.07. The van der Waals surface area contributed by atoms with E-state index in [1.54, 1.807) is 0 Å². The first-order chi connectivity index (χ1) is 7.58. The second kappa shape index (κ2) is 6.30. The van der Waals surface area contributed by atoms with Gasteiger partial charge in [-0.05, 0) is 42.9 Å². The number of aryl methyl sites for hydroxylation is 2. The molecule has 1 aromatic carbocycles. The maximum atomic E-state index is 6.47. The van der Waals surface area contributed by atoms with E-state index >= 15 is 0 Å². The lowest BCUT2D eigenvalue weighted by atomic mass is 9.93. The van der Waals surface area contributed by atoms with Gasteiger partial charge in [0.25, 0.3) is 0 Å². The summed E-state index contributed by atoms with van der Waals surface area (Å²) in [4.78, 5) is 0. The summed E-state index contributed by atoms with van der Waals surface area (Å²) in [5.41, 5.74) is 4.10. The number of hydrogen-bond donors (Lipinski definition) is 0. The van der Waals surface area contributed by atoms with E-state index in [0.717, 1.165) is 6.42 Å². The third-order valence-electron chi connectivity index (χ3n) is 3.56. The monoisotopic (exact) mass is 238 g/mol. The Balaban J connectivity index is 2.69. The van der Waals surface area contributed by atoms with Gasteiger partial charge in [0, 0.05) is 5.38 Å². The van der Waals surface area contributed by atoms with E-state index in [1.807, 2.05) is 0 Å². The summed E-state index contributed by atoms with van der Waals surface area (Å²) in [7, 11) is 0. The Bertz CT molecular complexity index is 326. The van der Waals surface area contributed by atoms with Gasteiger partial charge in [-0.25, -0.2) is 0 Å². The van der Waals surface area contributed by atoms with Crippen LogP contribution in [0.1, 0.15) is 43.4 Å². The van der Waals surface area contributed by atoms with Crippen LogP contribution >= 0.6 is 11.6 Å². The Kier molecular flexibility index (Phi) is 5.34. The highest BCUT2D eigenvalue weighted by Gasteiger charge is 2.16. The van der Waals surface area contributed by atoms with Crippen molar-refractivity contribution in [3.8, 4) is 0 Å². The topological polar surface area (TPSA) is 0 Å². The SMILES string of the molecule is CCC(CC)C(Cl)Cc1ccc(C)c(C)c1. The van der Waals surface area contributed by atoms with Crippen molar-refractivity contribution in [1.29, 1.82) is 0 Å². The first kappa shape index (κ1) is 13.6. The fourth-order valence-electron chi connectivity index (χ4n) is 2.12. The zero-order valence-corrected chi connectivity index (χ0v) is 11.6. The Morgan fingerprint density at radius 2 is 1.69 bits per heavy atom. The number of halogens is 1. The zero-order valence-electron chi connectivity index (χ0n) is 10.9. The van der Waals surface area contributed by atoms with Crippen molar-refractivity contribution in [2.75, 3.05) is 0 Å². The maximum Gasteiger partial charge on any atom is 0.0404 e. The van der Waals surface area contributed by atoms with Gasteiger partial charge >= 0.3 is 0 Å². The van der Waals surface area contributed by atoms with Gasteiger partial charge in [-0.2, -0.15) is 0 Å². The van der Waals surface area contributed by atoms with Crippen LogP contribution in [-0.2, 0) is 6.42 Å². The van der Waals surface area contributed by atoms with Crippen molar-refractivity contribution in [2.24, 2.45) is 5.92 Å². The molecule has 0 fully saturated rings. The van der Waals surface area contributed by atoms with E-state index in [2.05, 4.69) is 45.9 Å². The predicted octanol–water partition coefficient (Wildman–Crippen LogP) is 4.89. The second-order valence-corrected chi connectivity index (χ2v) is 5.28. The number of rotatable bonds is 5. The Morgan fingerprint density at radius 3 is 2.19 bits per heavy atom. The molecule has 1 rings (SSSR count). The van der Waals surface area contributed by atoms with Gasteiger partial charge in [0.05, 0.1) is 0 Å². The zero-order chi connectivity index (χ0) is 12.1. The number of hydrogen-bond acceptors (Lipinski definition) is 0. The standard InChI is InChI=1S/C15H23Cl/c1-5-14(6-2)15(16)10-13-8-7-11(3)12(4)9-13/h7-9,14-15H,5-6,10H2,1-4H3. The molecule has 0 spiro atoms. The fourth-order valence-corrected chi connectivity index (χ4v) is 2.66. The van der Waals surface area contributed by atoms with E-state index in [9.17, 15) is 0 Å². The van der Waals surface area contributed by atoms with Crippen LogP contribution in [0.3, 0.4) is 0 Å². The summed E-state index contributed by atoms with van der Waals surface area (Å²) >= 11 is 6.47. The lowest BCUT2D eigenvalue weighted by molar-refractivity contribution is 0.464. The van der Waals surface area contributed by atoms with Gasteiger partial charge in [0.15, 0.2) is 0 Å². The van der Waals surface area contributed by atoms with Crippen molar-refractivity contribution in [1.82, 2.24) is 0 Å². The van der Waals surface area contributed by atoms with E-state index < -0.39 is 0 Å². The number of alkyl halides is 1. The predicted molar refractivity (Wildman–Crippen MR) is 73.3 cm³/mol. The van der Waals surface area contributed by atoms with Crippen molar-refractivity contribution >= 4 is 11.6 Å². The first-order valence-electron chi connectivity index (χ1n) is 6.28. The summed E-state index contributed by atoms with van der Waals surface area (Å²) in [5, 5.41) is 0.275. The van der Waals surface area contributed by atoms with Crippen LogP contribution in [-0.4, -0.2) is 5.38 Å². The Labute approximate surface area is 105 Å². The molecule has 0 aliphatic heterocycles. The van der Waals surface area contributed by atoms with Crippen molar-refractivity contribution in [3.05, 3.63) is 34.9 Å². The summed E-state index contributed by atoms with van der Waals surface area (Å²) in [6, 6.07) is 6.67. The summed E-state index contributed by atoms with van der Waals surface area (Å²) in [5.74, 6) is 0.642. The molecule has 90 valence electrons. The molecule has 0 aliphatic carbocycles. The van der Waals surface area contributed by atoms with Crippen molar-refractivity contribution in [2.45, 2.75) is 52.3 Å². The molecule has 0 aliphatic rings. The number of benzene rings is 1. The molecule has 1 heteroatoms. The molecule has 0 nitrogen and oxygen atoms in total. The highest BCUT2D eigenvalue weighted by atomic mass is 35.5. The highest BCUT2D eigenvalue weighted by molar-refractivity contribution is 6.20. The van der Waals surface area contributed by atoms with E-state index in [0.29, 0.717) is 5.92 Å². The van der Waals surface area contributed by atoms with Crippen LogP contribution in [0.25, 0.3) is 0 Å². The molecule has 1 atom stereocenters. The van der Waals surface area contributed by atoms with Crippen LogP contribution in [0.2, 0.25) is 0 Å². The van der Waals surface area contributed by atoms with Crippen molar-refractivity contribution < 1.29 is 0 Å². The lowest BCUT2D eigenvalue weighted by Gasteiger charge is -2.19. The van der Waals surface area contributed by atoms with Crippen LogP contribution in [0.5, 0.6) is 0 Å². The van der Waals surface area contributed by atoms with E-state index in [4.69, 9.17) is 11.6 Å². The molecule has 16 heavy (non-hydrogen) atoms. The van der Waals surface area contributed by atoms with Gasteiger partial charge in [0.1, 0.15) is 0 Å². The van der Waals surface area contributed by atoms with Crippen LogP contribution in [0.4, 0.5) is 0 Å². The molecule has 0 aromatic heterocycles. The van der Waals surface area contributed by atoms with E-state index in [-0.39, 0.29) is 5.38 Å². The quantitative estimate of drug-likeness (QED) is 0.641. The third kappa shape index (κ3) is 3.52. The van der Waals surface area contributed by atoms with Crippen molar-refractivity contribution in [3.63, 3.8) is 0 Å². The molecule has 0 radical (unpaired) electrons. The molecule has 0 saturated heterocycles. The Hall–Kier alpha value is -0.490. The molecular weight excluding hydrogens is 216 g/mol. The van der Waals surface area contributed by atoms with E-state index in [1.165, 1.54) is 29.5 Å². The lowest BCUT2D eigenvalue weighted by Crippen LogP contribution is -2.16. The average Bonchev–Trinajstić information content (AvgIpc) is 2.25. The Morgan fingerprint density at radius 1 is 1.06 bits per heavy atom. The summed E-state index contributed by atoms with van der Waals surface area (Å²) in [6.45, 7) is 8.77. The first-order valence-corrected chi connectivity index (χ1v) is 6.72. The molecule has 0 saturated carbocycles. The van der Waals surface area contributed by atoms with Gasteiger partial charge < -0.3 is 0 Å². The smallest absolute Gasteiger partial charge is 0.0404 e. The molecule has 0 N–H and O–H groups in total. The summed E-state index contributed by atoms with van der Waals surface area (Å²) in [6.07, 6.45) is 3.35. The van der Waals surface area contributed by atoms with Gasteiger partial charge in [-0.3, -0.25) is 0 Å². The highest BCUT2D eigenvalue weighted by Crippen LogP contribution is 2.23. The summed E-state index contributed by atoms with van der Waals surface area (Å²) < 4.78 is 0. The molecular formula is C15H23Cl. The van der Waals surface area contributed by atoms with Crippen LogP contribution < -0.4 is 0 Å². The van der Waals surface area contributed by atoms with Crippen LogP contribution in [0.15, 0.2) is 18.2 Å². The van der Waals surface area contributed by atoms with Gasteiger partial charge in [-0.1, -0.05) is 44.9 Å². The minimum atomic E-state index is 0.275.